The number of hydrogen-bond donors (Lipinski definition) is 1. The Morgan fingerprint density at radius 2 is 2.25 bits per heavy atom. The van der Waals surface area contributed by atoms with Crippen LogP contribution in [0.1, 0.15) is 13.3 Å². The number of nitrogens with zero attached hydrogens (tertiary/aromatic N) is 1. The van der Waals surface area contributed by atoms with Gasteiger partial charge in [0.05, 0.1) is 19.3 Å². The second kappa shape index (κ2) is 5.96. The Hall–Kier alpha value is -0.160. The molecule has 0 aromatic rings. The third-order valence-electron chi connectivity index (χ3n) is 3.66. The lowest BCUT2D eigenvalue weighted by Gasteiger charge is -2.38. The SMILES string of the molecule is CNC1CCOCC1CN1CCOC(C)C1. The number of morpholine rings is 1. The Morgan fingerprint density at radius 1 is 1.38 bits per heavy atom. The van der Waals surface area contributed by atoms with Crippen LogP contribution in [0.4, 0.5) is 0 Å². The fourth-order valence-corrected chi connectivity index (χ4v) is 2.74. The van der Waals surface area contributed by atoms with Crippen molar-refractivity contribution in [1.29, 1.82) is 0 Å². The molecule has 0 radical (unpaired) electrons. The van der Waals surface area contributed by atoms with E-state index in [1.807, 2.05) is 0 Å². The van der Waals surface area contributed by atoms with Gasteiger partial charge in [-0.1, -0.05) is 0 Å². The maximum atomic E-state index is 5.58. The molecule has 16 heavy (non-hydrogen) atoms. The first-order valence-corrected chi connectivity index (χ1v) is 6.38. The predicted molar refractivity (Wildman–Crippen MR) is 63.6 cm³/mol. The van der Waals surface area contributed by atoms with Crippen molar-refractivity contribution in [2.45, 2.75) is 25.5 Å². The molecule has 4 heteroatoms. The van der Waals surface area contributed by atoms with Crippen LogP contribution >= 0.6 is 0 Å². The highest BCUT2D eigenvalue weighted by Crippen LogP contribution is 2.17. The average molecular weight is 228 g/mol. The fourth-order valence-electron chi connectivity index (χ4n) is 2.74. The van der Waals surface area contributed by atoms with Crippen LogP contribution in [0.15, 0.2) is 0 Å². The number of ether oxygens (including phenoxy) is 2. The second-order valence-electron chi connectivity index (χ2n) is 4.96. The Kier molecular flexibility index (Phi) is 4.58. The van der Waals surface area contributed by atoms with Crippen molar-refractivity contribution in [1.82, 2.24) is 10.2 Å². The van der Waals surface area contributed by atoms with Gasteiger partial charge in [-0.15, -0.1) is 0 Å². The van der Waals surface area contributed by atoms with Crippen LogP contribution in [0.3, 0.4) is 0 Å². The third-order valence-corrected chi connectivity index (χ3v) is 3.66. The minimum Gasteiger partial charge on any atom is -0.381 e. The molecule has 2 aliphatic heterocycles. The molecule has 4 nitrogen and oxygen atoms in total. The molecule has 3 atom stereocenters. The largest absolute Gasteiger partial charge is 0.381 e. The number of nitrogens with one attached hydrogen (secondary N) is 1. The van der Waals surface area contributed by atoms with Gasteiger partial charge in [0.2, 0.25) is 0 Å². The van der Waals surface area contributed by atoms with Crippen molar-refractivity contribution in [2.24, 2.45) is 5.92 Å². The number of hydrogen-bond acceptors (Lipinski definition) is 4. The lowest BCUT2D eigenvalue weighted by molar-refractivity contribution is -0.0401. The van der Waals surface area contributed by atoms with Crippen LogP contribution < -0.4 is 5.32 Å². The quantitative estimate of drug-likeness (QED) is 0.755. The van der Waals surface area contributed by atoms with Crippen LogP contribution in [0.2, 0.25) is 0 Å². The summed E-state index contributed by atoms with van der Waals surface area (Å²) in [5.74, 6) is 0.629. The first kappa shape index (κ1) is 12.3. The van der Waals surface area contributed by atoms with Gasteiger partial charge in [-0.3, -0.25) is 4.90 Å². The first-order chi connectivity index (χ1) is 7.79. The summed E-state index contributed by atoms with van der Waals surface area (Å²) in [5, 5.41) is 3.42. The molecule has 94 valence electrons. The summed E-state index contributed by atoms with van der Waals surface area (Å²) in [7, 11) is 2.06. The molecule has 0 aliphatic carbocycles. The van der Waals surface area contributed by atoms with Crippen LogP contribution in [0.5, 0.6) is 0 Å². The van der Waals surface area contributed by atoms with Crippen LogP contribution in [0, 0.1) is 5.92 Å². The van der Waals surface area contributed by atoms with Crippen LogP contribution in [0.25, 0.3) is 0 Å². The predicted octanol–water partition coefficient (Wildman–Crippen LogP) is 0.332. The minimum absolute atomic E-state index is 0.381. The zero-order chi connectivity index (χ0) is 11.4. The van der Waals surface area contributed by atoms with Crippen molar-refractivity contribution in [3.05, 3.63) is 0 Å². The maximum Gasteiger partial charge on any atom is 0.0674 e. The third kappa shape index (κ3) is 3.17. The molecular formula is C12H24N2O2. The second-order valence-corrected chi connectivity index (χ2v) is 4.96. The summed E-state index contributed by atoms with van der Waals surface area (Å²) < 4.78 is 11.1. The summed E-state index contributed by atoms with van der Waals surface area (Å²) in [6.45, 7) is 8.10. The molecular weight excluding hydrogens is 204 g/mol. The molecule has 0 amide bonds. The summed E-state index contributed by atoms with van der Waals surface area (Å²) in [6, 6.07) is 0.618. The fraction of sp³-hybridized carbons (Fsp3) is 1.00. The van der Waals surface area contributed by atoms with Crippen molar-refractivity contribution in [2.75, 3.05) is 46.5 Å². The lowest BCUT2D eigenvalue weighted by atomic mass is 9.95. The van der Waals surface area contributed by atoms with Crippen molar-refractivity contribution in [3.8, 4) is 0 Å². The maximum absolute atomic E-state index is 5.58. The zero-order valence-corrected chi connectivity index (χ0v) is 10.4. The standard InChI is InChI=1S/C12H24N2O2/c1-10-7-14(4-6-16-10)8-11-9-15-5-3-12(11)13-2/h10-13H,3-9H2,1-2H3. The summed E-state index contributed by atoms with van der Waals surface area (Å²) in [4.78, 5) is 2.51. The van der Waals surface area contributed by atoms with Crippen molar-refractivity contribution < 1.29 is 9.47 Å². The molecule has 1 N–H and O–H groups in total. The molecule has 2 saturated heterocycles. The van der Waals surface area contributed by atoms with E-state index >= 15 is 0 Å². The Morgan fingerprint density at radius 3 is 3.00 bits per heavy atom. The van der Waals surface area contributed by atoms with E-state index in [0.717, 1.165) is 45.9 Å². The molecule has 2 heterocycles. The van der Waals surface area contributed by atoms with Gasteiger partial charge in [-0.2, -0.15) is 0 Å². The molecule has 0 spiro atoms. The van der Waals surface area contributed by atoms with Crippen LogP contribution in [-0.2, 0) is 9.47 Å². The van der Waals surface area contributed by atoms with Crippen molar-refractivity contribution >= 4 is 0 Å². The molecule has 2 rings (SSSR count). The van der Waals surface area contributed by atoms with Gasteiger partial charge in [0.15, 0.2) is 0 Å². The minimum atomic E-state index is 0.381. The monoisotopic (exact) mass is 228 g/mol. The van der Waals surface area contributed by atoms with Gasteiger partial charge in [0.25, 0.3) is 0 Å². The highest BCUT2D eigenvalue weighted by molar-refractivity contribution is 4.82. The van der Waals surface area contributed by atoms with Crippen LogP contribution in [-0.4, -0.2) is 63.5 Å². The summed E-state index contributed by atoms with van der Waals surface area (Å²) >= 11 is 0. The Labute approximate surface area is 98.3 Å². The van der Waals surface area contributed by atoms with Gasteiger partial charge in [0.1, 0.15) is 0 Å². The molecule has 2 fully saturated rings. The highest BCUT2D eigenvalue weighted by atomic mass is 16.5. The summed E-state index contributed by atoms with van der Waals surface area (Å²) in [5.41, 5.74) is 0. The Bertz CT molecular complexity index is 213. The molecule has 0 saturated carbocycles. The summed E-state index contributed by atoms with van der Waals surface area (Å²) in [6.07, 6.45) is 1.52. The first-order valence-electron chi connectivity index (χ1n) is 6.38. The molecule has 2 aliphatic rings. The van der Waals surface area contributed by atoms with E-state index in [9.17, 15) is 0 Å². The molecule has 3 unspecified atom stereocenters. The van der Waals surface area contributed by atoms with E-state index in [1.54, 1.807) is 0 Å². The highest BCUT2D eigenvalue weighted by Gasteiger charge is 2.27. The zero-order valence-electron chi connectivity index (χ0n) is 10.4. The molecule has 0 aromatic heterocycles. The number of rotatable bonds is 3. The van der Waals surface area contributed by atoms with E-state index in [4.69, 9.17) is 9.47 Å². The molecule has 0 aromatic carbocycles. The smallest absolute Gasteiger partial charge is 0.0674 e. The normalized spacial score (nSPS) is 37.5. The van der Waals surface area contributed by atoms with E-state index in [-0.39, 0.29) is 0 Å². The lowest BCUT2D eigenvalue weighted by Crippen LogP contribution is -2.50. The van der Waals surface area contributed by atoms with Gasteiger partial charge in [-0.05, 0) is 20.4 Å². The van der Waals surface area contributed by atoms with Gasteiger partial charge < -0.3 is 14.8 Å². The van der Waals surface area contributed by atoms with Gasteiger partial charge in [0, 0.05) is 38.2 Å². The average Bonchev–Trinajstić information content (AvgIpc) is 2.30. The topological polar surface area (TPSA) is 33.7 Å². The van der Waals surface area contributed by atoms with E-state index in [1.165, 1.54) is 0 Å². The van der Waals surface area contributed by atoms with Gasteiger partial charge in [-0.25, -0.2) is 0 Å². The molecule has 0 bridgehead atoms. The van der Waals surface area contributed by atoms with Gasteiger partial charge >= 0.3 is 0 Å². The van der Waals surface area contributed by atoms with Crippen molar-refractivity contribution in [3.63, 3.8) is 0 Å². The Balaban J connectivity index is 1.82. The van der Waals surface area contributed by atoms with E-state index in [0.29, 0.717) is 18.1 Å². The van der Waals surface area contributed by atoms with E-state index in [2.05, 4.69) is 24.2 Å². The van der Waals surface area contributed by atoms with E-state index < -0.39 is 0 Å².